The summed E-state index contributed by atoms with van der Waals surface area (Å²) in [7, 11) is 1.44. The lowest BCUT2D eigenvalue weighted by molar-refractivity contribution is -0.132. The Morgan fingerprint density at radius 2 is 1.89 bits per heavy atom. The number of esters is 2. The van der Waals surface area contributed by atoms with Crippen molar-refractivity contribution in [1.29, 1.82) is 0 Å². The molecule has 0 fully saturated rings. The molecule has 0 saturated carbocycles. The van der Waals surface area contributed by atoms with Crippen molar-refractivity contribution in [2.45, 2.75) is 13.8 Å². The number of halogens is 1. The number of carbonyl (C=O) groups is 2. The molecule has 1 aliphatic rings. The summed E-state index contributed by atoms with van der Waals surface area (Å²) >= 11 is 6.20. The van der Waals surface area contributed by atoms with Gasteiger partial charge in [-0.25, -0.2) is 4.79 Å². The highest BCUT2D eigenvalue weighted by molar-refractivity contribution is 6.32. The van der Waals surface area contributed by atoms with E-state index in [1.807, 2.05) is 31.2 Å². The van der Waals surface area contributed by atoms with Crippen molar-refractivity contribution in [2.24, 2.45) is 0 Å². The van der Waals surface area contributed by atoms with Gasteiger partial charge in [-0.1, -0.05) is 41.4 Å². The average molecular weight is 385 g/mol. The van der Waals surface area contributed by atoms with Crippen molar-refractivity contribution in [3.8, 4) is 11.5 Å². The number of carbonyl (C=O) groups excluding carboxylic acids is 2. The molecule has 0 bridgehead atoms. The highest BCUT2D eigenvalue weighted by Gasteiger charge is 2.22. The highest BCUT2D eigenvalue weighted by Crippen LogP contribution is 2.37. The van der Waals surface area contributed by atoms with Gasteiger partial charge in [0, 0.05) is 12.5 Å². The molecule has 1 aliphatic heterocycles. The molecule has 3 rings (SSSR count). The molecule has 5 nitrogen and oxygen atoms in total. The van der Waals surface area contributed by atoms with Crippen LogP contribution in [0.2, 0.25) is 5.02 Å². The van der Waals surface area contributed by atoms with Crippen molar-refractivity contribution in [3.05, 3.63) is 69.8 Å². The summed E-state index contributed by atoms with van der Waals surface area (Å²) in [5, 5.41) is 0.200. The molecule has 138 valence electrons. The Bertz CT molecular complexity index is 971. The van der Waals surface area contributed by atoms with E-state index in [1.54, 1.807) is 24.3 Å². The minimum absolute atomic E-state index is 0.138. The molecule has 0 radical (unpaired) electrons. The van der Waals surface area contributed by atoms with Gasteiger partial charge in [-0.3, -0.25) is 4.79 Å². The molecule has 0 saturated heterocycles. The molecule has 0 spiro atoms. The Morgan fingerprint density at radius 3 is 2.52 bits per heavy atom. The van der Waals surface area contributed by atoms with Crippen molar-refractivity contribution in [1.82, 2.24) is 0 Å². The summed E-state index contributed by atoms with van der Waals surface area (Å²) in [6.45, 7) is 3.26. The number of rotatable bonds is 4. The van der Waals surface area contributed by atoms with E-state index >= 15 is 0 Å². The standard InChI is InChI=1S/C21H17ClO5/c1-12-4-6-15(7-5-12)18-11-16(21(24)27-18)8-14-9-17(22)20(26-13(2)23)19(10-14)25-3/h4-11H,1-3H3/b16-8+. The molecule has 2 aromatic carbocycles. The first-order valence-electron chi connectivity index (χ1n) is 8.16. The lowest BCUT2D eigenvalue weighted by Gasteiger charge is -2.11. The van der Waals surface area contributed by atoms with E-state index in [4.69, 9.17) is 25.8 Å². The van der Waals surface area contributed by atoms with Crippen LogP contribution in [0.25, 0.3) is 11.8 Å². The molecule has 2 aromatic rings. The van der Waals surface area contributed by atoms with Gasteiger partial charge < -0.3 is 14.2 Å². The number of benzene rings is 2. The van der Waals surface area contributed by atoms with Crippen LogP contribution in [0.3, 0.4) is 0 Å². The van der Waals surface area contributed by atoms with Crippen molar-refractivity contribution in [2.75, 3.05) is 7.11 Å². The monoisotopic (exact) mass is 384 g/mol. The Labute approximate surface area is 161 Å². The fourth-order valence-corrected chi connectivity index (χ4v) is 2.85. The quantitative estimate of drug-likeness (QED) is 0.439. The third-order valence-electron chi connectivity index (χ3n) is 3.88. The summed E-state index contributed by atoms with van der Waals surface area (Å²) in [5.41, 5.74) is 2.93. The van der Waals surface area contributed by atoms with Crippen molar-refractivity contribution >= 4 is 35.4 Å². The van der Waals surface area contributed by atoms with Gasteiger partial charge in [0.2, 0.25) is 0 Å². The molecule has 1 heterocycles. The fraction of sp³-hybridized carbons (Fsp3) is 0.143. The van der Waals surface area contributed by atoms with Crippen LogP contribution in [0.1, 0.15) is 23.6 Å². The first-order valence-corrected chi connectivity index (χ1v) is 8.53. The second kappa shape index (κ2) is 7.68. The van der Waals surface area contributed by atoms with Gasteiger partial charge in [0.05, 0.1) is 17.7 Å². The van der Waals surface area contributed by atoms with Gasteiger partial charge in [-0.05, 0) is 36.8 Å². The second-order valence-corrected chi connectivity index (χ2v) is 6.40. The third kappa shape index (κ3) is 4.20. The number of hydrogen-bond donors (Lipinski definition) is 0. The summed E-state index contributed by atoms with van der Waals surface area (Å²) in [6.07, 6.45) is 3.31. The molecular weight excluding hydrogens is 368 g/mol. The maximum atomic E-state index is 12.2. The molecule has 27 heavy (non-hydrogen) atoms. The molecular formula is C21H17ClO5. The second-order valence-electron chi connectivity index (χ2n) is 5.99. The van der Waals surface area contributed by atoms with E-state index in [2.05, 4.69) is 0 Å². The van der Waals surface area contributed by atoms with E-state index in [-0.39, 0.29) is 10.8 Å². The first-order chi connectivity index (χ1) is 12.9. The molecule has 0 atom stereocenters. The molecule has 0 amide bonds. The normalized spacial score (nSPS) is 14.7. The lowest BCUT2D eigenvalue weighted by Crippen LogP contribution is -2.04. The number of hydrogen-bond acceptors (Lipinski definition) is 5. The summed E-state index contributed by atoms with van der Waals surface area (Å²) in [4.78, 5) is 23.4. The van der Waals surface area contributed by atoms with Crippen LogP contribution in [0.5, 0.6) is 11.5 Å². The summed E-state index contributed by atoms with van der Waals surface area (Å²) < 4.78 is 15.7. The van der Waals surface area contributed by atoms with Gasteiger partial charge in [0.1, 0.15) is 5.76 Å². The van der Waals surface area contributed by atoms with Crippen LogP contribution in [-0.4, -0.2) is 19.0 Å². The van der Waals surface area contributed by atoms with Crippen LogP contribution in [0.4, 0.5) is 0 Å². The average Bonchev–Trinajstić information content (AvgIpc) is 2.98. The zero-order valence-corrected chi connectivity index (χ0v) is 15.8. The van der Waals surface area contributed by atoms with Gasteiger partial charge in [0.15, 0.2) is 11.5 Å². The smallest absolute Gasteiger partial charge is 0.343 e. The predicted octanol–water partition coefficient (Wildman–Crippen LogP) is 4.56. The maximum absolute atomic E-state index is 12.2. The maximum Gasteiger partial charge on any atom is 0.343 e. The van der Waals surface area contributed by atoms with Crippen molar-refractivity contribution in [3.63, 3.8) is 0 Å². The number of cyclic esters (lactones) is 1. The molecule has 6 heteroatoms. The Hall–Kier alpha value is -3.05. The first kappa shape index (κ1) is 18.7. The van der Waals surface area contributed by atoms with Gasteiger partial charge in [-0.15, -0.1) is 0 Å². The highest BCUT2D eigenvalue weighted by atomic mass is 35.5. The predicted molar refractivity (Wildman–Crippen MR) is 103 cm³/mol. The molecule has 0 N–H and O–H groups in total. The van der Waals surface area contributed by atoms with E-state index in [9.17, 15) is 9.59 Å². The number of aryl methyl sites for hydroxylation is 1. The van der Waals surface area contributed by atoms with E-state index < -0.39 is 11.9 Å². The molecule has 0 aromatic heterocycles. The van der Waals surface area contributed by atoms with Gasteiger partial charge in [-0.2, -0.15) is 0 Å². The van der Waals surface area contributed by atoms with E-state index in [0.717, 1.165) is 11.1 Å². The van der Waals surface area contributed by atoms with Gasteiger partial charge >= 0.3 is 11.9 Å². The Balaban J connectivity index is 1.96. The van der Waals surface area contributed by atoms with E-state index in [0.29, 0.717) is 22.6 Å². The van der Waals surface area contributed by atoms with Crippen LogP contribution < -0.4 is 9.47 Å². The Kier molecular flexibility index (Phi) is 5.33. The summed E-state index contributed by atoms with van der Waals surface area (Å²) in [5.74, 6) is -0.0470. The molecule has 0 unspecified atom stereocenters. The zero-order chi connectivity index (χ0) is 19.6. The Morgan fingerprint density at radius 1 is 1.19 bits per heavy atom. The molecule has 0 aliphatic carbocycles. The fourth-order valence-electron chi connectivity index (χ4n) is 2.59. The largest absolute Gasteiger partial charge is 0.493 e. The number of ether oxygens (including phenoxy) is 3. The van der Waals surface area contributed by atoms with E-state index in [1.165, 1.54) is 14.0 Å². The third-order valence-corrected chi connectivity index (χ3v) is 4.16. The zero-order valence-electron chi connectivity index (χ0n) is 15.0. The summed E-state index contributed by atoms with van der Waals surface area (Å²) in [6, 6.07) is 10.9. The number of methoxy groups -OCH3 is 1. The minimum Gasteiger partial charge on any atom is -0.493 e. The lowest BCUT2D eigenvalue weighted by atomic mass is 10.1. The van der Waals surface area contributed by atoms with Crippen LogP contribution >= 0.6 is 11.6 Å². The minimum atomic E-state index is -0.508. The van der Waals surface area contributed by atoms with Crippen molar-refractivity contribution < 1.29 is 23.8 Å². The van der Waals surface area contributed by atoms with Crippen LogP contribution in [0, 0.1) is 6.92 Å². The van der Waals surface area contributed by atoms with Gasteiger partial charge in [0.25, 0.3) is 0 Å². The van der Waals surface area contributed by atoms with Crippen LogP contribution in [0.15, 0.2) is 48.0 Å². The SMILES string of the molecule is COc1cc(/C=C2\C=C(c3ccc(C)cc3)OC2=O)cc(Cl)c1OC(C)=O. The van der Waals surface area contributed by atoms with Crippen LogP contribution in [-0.2, 0) is 14.3 Å². The topological polar surface area (TPSA) is 61.8 Å².